The van der Waals surface area contributed by atoms with Crippen LogP contribution in [0.15, 0.2) is 24.3 Å². The van der Waals surface area contributed by atoms with Gasteiger partial charge in [-0.15, -0.1) is 0 Å². The number of aryl methyl sites for hydroxylation is 1. The number of ketones is 2. The summed E-state index contributed by atoms with van der Waals surface area (Å²) in [5, 5.41) is 0. The molecule has 26 heavy (non-hydrogen) atoms. The van der Waals surface area contributed by atoms with Gasteiger partial charge in [-0.3, -0.25) is 9.59 Å². The van der Waals surface area contributed by atoms with Gasteiger partial charge in [-0.2, -0.15) is 0 Å². The Hall–Kier alpha value is -3.15. The molecule has 0 unspecified atom stereocenters. The molecule has 1 aliphatic carbocycles. The van der Waals surface area contributed by atoms with E-state index in [1.165, 1.54) is 21.3 Å². The zero-order valence-corrected chi connectivity index (χ0v) is 14.8. The van der Waals surface area contributed by atoms with Gasteiger partial charge >= 0.3 is 0 Å². The molecule has 134 valence electrons. The Bertz CT molecular complexity index is 913. The van der Waals surface area contributed by atoms with E-state index in [1.54, 1.807) is 24.3 Å². The molecule has 2 aromatic carbocycles. The van der Waals surface area contributed by atoms with Gasteiger partial charge in [-0.05, 0) is 24.1 Å². The third-order valence-corrected chi connectivity index (χ3v) is 4.45. The number of hydrogen-bond donors (Lipinski definition) is 0. The quantitative estimate of drug-likeness (QED) is 0.633. The highest BCUT2D eigenvalue weighted by molar-refractivity contribution is 6.31. The molecule has 6 heteroatoms. The van der Waals surface area contributed by atoms with Crippen molar-refractivity contribution in [1.82, 2.24) is 0 Å². The van der Waals surface area contributed by atoms with E-state index in [0.717, 1.165) is 6.29 Å². The van der Waals surface area contributed by atoms with E-state index in [-0.39, 0.29) is 51.7 Å². The molecule has 0 aromatic heterocycles. The second kappa shape index (κ2) is 7.00. The van der Waals surface area contributed by atoms with Crippen molar-refractivity contribution in [2.45, 2.75) is 12.8 Å². The average molecular weight is 354 g/mol. The van der Waals surface area contributed by atoms with Gasteiger partial charge in [0.05, 0.1) is 38.0 Å². The summed E-state index contributed by atoms with van der Waals surface area (Å²) in [6.45, 7) is 0. The molecule has 0 N–H and O–H groups in total. The van der Waals surface area contributed by atoms with E-state index in [0.29, 0.717) is 17.7 Å². The number of aldehydes is 1. The van der Waals surface area contributed by atoms with E-state index < -0.39 is 0 Å². The molecule has 0 amide bonds. The third-order valence-electron chi connectivity index (χ3n) is 4.45. The molecule has 2 aromatic rings. The Labute approximate surface area is 150 Å². The molecule has 0 heterocycles. The zero-order chi connectivity index (χ0) is 18.8. The van der Waals surface area contributed by atoms with Crippen LogP contribution in [0.1, 0.15) is 43.8 Å². The van der Waals surface area contributed by atoms with Gasteiger partial charge in [0, 0.05) is 12.0 Å². The van der Waals surface area contributed by atoms with Crippen LogP contribution < -0.4 is 14.2 Å². The van der Waals surface area contributed by atoms with Gasteiger partial charge < -0.3 is 19.0 Å². The van der Waals surface area contributed by atoms with Crippen molar-refractivity contribution in [3.8, 4) is 17.2 Å². The lowest BCUT2D eigenvalue weighted by atomic mass is 9.81. The first-order valence-corrected chi connectivity index (χ1v) is 8.06. The van der Waals surface area contributed by atoms with Crippen LogP contribution in [0.3, 0.4) is 0 Å². The summed E-state index contributed by atoms with van der Waals surface area (Å²) < 4.78 is 16.1. The molecule has 1 aliphatic rings. The Morgan fingerprint density at radius 1 is 0.885 bits per heavy atom. The lowest BCUT2D eigenvalue weighted by molar-refractivity contribution is -0.107. The fraction of sp³-hybridized carbons (Fsp3) is 0.250. The molecular weight excluding hydrogens is 336 g/mol. The topological polar surface area (TPSA) is 78.9 Å². The van der Waals surface area contributed by atoms with E-state index in [4.69, 9.17) is 14.2 Å². The highest BCUT2D eigenvalue weighted by atomic mass is 16.5. The van der Waals surface area contributed by atoms with Crippen LogP contribution in [0.25, 0.3) is 0 Å². The van der Waals surface area contributed by atoms with Crippen molar-refractivity contribution in [2.24, 2.45) is 0 Å². The molecule has 0 fully saturated rings. The maximum absolute atomic E-state index is 13.3. The van der Waals surface area contributed by atoms with E-state index >= 15 is 0 Å². The van der Waals surface area contributed by atoms with Crippen LogP contribution in [0.5, 0.6) is 17.2 Å². The number of methoxy groups -OCH3 is 3. The summed E-state index contributed by atoms with van der Waals surface area (Å²) in [6.07, 6.45) is 1.42. The van der Waals surface area contributed by atoms with Crippen LogP contribution in [0, 0.1) is 0 Å². The maximum Gasteiger partial charge on any atom is 0.202 e. The Kier molecular flexibility index (Phi) is 4.75. The van der Waals surface area contributed by atoms with Crippen molar-refractivity contribution in [3.63, 3.8) is 0 Å². The minimum absolute atomic E-state index is 0.148. The fourth-order valence-electron chi connectivity index (χ4n) is 3.31. The standard InChI is InChI=1S/C20H18O6/c1-24-13-8-4-7-12-15(13)19(23)17-16(18(12)22)14(25-2)10-11(6-5-9-21)20(17)26-3/h4,7-10H,5-6H2,1-3H3. The first-order valence-electron chi connectivity index (χ1n) is 8.06. The summed E-state index contributed by atoms with van der Waals surface area (Å²) >= 11 is 0. The van der Waals surface area contributed by atoms with Gasteiger partial charge in [0.15, 0.2) is 5.78 Å². The van der Waals surface area contributed by atoms with Crippen molar-refractivity contribution >= 4 is 17.9 Å². The van der Waals surface area contributed by atoms with Gasteiger partial charge in [-0.1, -0.05) is 12.1 Å². The molecule has 0 radical (unpaired) electrons. The van der Waals surface area contributed by atoms with Crippen LogP contribution in [0.4, 0.5) is 0 Å². The van der Waals surface area contributed by atoms with Gasteiger partial charge in [-0.25, -0.2) is 0 Å². The lowest BCUT2D eigenvalue weighted by Gasteiger charge is -2.24. The SMILES string of the molecule is COc1cccc2c1C(=O)c1c(OC)c(CCC=O)cc(OC)c1C2=O. The molecular formula is C20H18O6. The Morgan fingerprint density at radius 2 is 1.62 bits per heavy atom. The first kappa shape index (κ1) is 17.7. The van der Waals surface area contributed by atoms with Crippen LogP contribution in [-0.2, 0) is 11.2 Å². The zero-order valence-electron chi connectivity index (χ0n) is 14.8. The minimum atomic E-state index is -0.366. The smallest absolute Gasteiger partial charge is 0.202 e. The van der Waals surface area contributed by atoms with Crippen molar-refractivity contribution in [3.05, 3.63) is 52.1 Å². The monoisotopic (exact) mass is 354 g/mol. The molecule has 0 saturated heterocycles. The molecule has 0 spiro atoms. The highest BCUT2D eigenvalue weighted by Crippen LogP contribution is 2.43. The summed E-state index contributed by atoms with van der Waals surface area (Å²) in [5.74, 6) is 0.206. The third kappa shape index (κ3) is 2.54. The molecule has 0 atom stereocenters. The summed E-state index contributed by atoms with van der Waals surface area (Å²) in [5.41, 5.74) is 1.43. The largest absolute Gasteiger partial charge is 0.496 e. The van der Waals surface area contributed by atoms with E-state index in [9.17, 15) is 14.4 Å². The number of hydrogen-bond acceptors (Lipinski definition) is 6. The number of carbonyl (C=O) groups excluding carboxylic acids is 3. The molecule has 6 nitrogen and oxygen atoms in total. The molecule has 0 bridgehead atoms. The summed E-state index contributed by atoms with van der Waals surface area (Å²) in [7, 11) is 4.31. The van der Waals surface area contributed by atoms with E-state index in [2.05, 4.69) is 0 Å². The predicted octanol–water partition coefficient (Wildman–Crippen LogP) is 2.62. The van der Waals surface area contributed by atoms with Crippen molar-refractivity contribution in [1.29, 1.82) is 0 Å². The van der Waals surface area contributed by atoms with Crippen LogP contribution in [0.2, 0.25) is 0 Å². The molecule has 0 aliphatic heterocycles. The van der Waals surface area contributed by atoms with Crippen LogP contribution in [-0.4, -0.2) is 39.2 Å². The van der Waals surface area contributed by atoms with Crippen molar-refractivity contribution in [2.75, 3.05) is 21.3 Å². The highest BCUT2D eigenvalue weighted by Gasteiger charge is 2.38. The second-order valence-electron chi connectivity index (χ2n) is 5.77. The number of rotatable bonds is 6. The Morgan fingerprint density at radius 3 is 2.23 bits per heavy atom. The molecule has 0 saturated carbocycles. The summed E-state index contributed by atoms with van der Waals surface area (Å²) in [6, 6.07) is 6.54. The Balaban J connectivity index is 2.34. The van der Waals surface area contributed by atoms with Gasteiger partial charge in [0.1, 0.15) is 23.5 Å². The number of ether oxygens (including phenoxy) is 3. The number of benzene rings is 2. The van der Waals surface area contributed by atoms with Crippen LogP contribution >= 0.6 is 0 Å². The van der Waals surface area contributed by atoms with E-state index in [1.807, 2.05) is 0 Å². The summed E-state index contributed by atoms with van der Waals surface area (Å²) in [4.78, 5) is 37.1. The first-order chi connectivity index (χ1) is 12.6. The van der Waals surface area contributed by atoms with Gasteiger partial charge in [0.25, 0.3) is 0 Å². The normalized spacial score (nSPS) is 12.3. The average Bonchev–Trinajstić information content (AvgIpc) is 2.68. The number of carbonyl (C=O) groups is 3. The second-order valence-corrected chi connectivity index (χ2v) is 5.77. The van der Waals surface area contributed by atoms with Crippen molar-refractivity contribution < 1.29 is 28.6 Å². The maximum atomic E-state index is 13.3. The minimum Gasteiger partial charge on any atom is -0.496 e. The fourth-order valence-corrected chi connectivity index (χ4v) is 3.31. The lowest BCUT2D eigenvalue weighted by Crippen LogP contribution is -2.24. The predicted molar refractivity (Wildman–Crippen MR) is 93.8 cm³/mol. The van der Waals surface area contributed by atoms with Gasteiger partial charge in [0.2, 0.25) is 5.78 Å². The molecule has 3 rings (SSSR count). The number of fused-ring (bicyclic) bond motifs is 2.